The van der Waals surface area contributed by atoms with Crippen LogP contribution in [0.25, 0.3) is 0 Å². The van der Waals surface area contributed by atoms with E-state index >= 15 is 0 Å². The van der Waals surface area contributed by atoms with Crippen molar-refractivity contribution < 1.29 is 9.31 Å². The van der Waals surface area contributed by atoms with Crippen LogP contribution in [0.5, 0.6) is 0 Å². The molecule has 2 rings (SSSR count). The molecule has 0 amide bonds. The molecule has 4 nitrogen and oxygen atoms in total. The van der Waals surface area contributed by atoms with E-state index in [-0.39, 0.29) is 0 Å². The summed E-state index contributed by atoms with van der Waals surface area (Å²) in [7, 11) is 1.86. The Kier molecular flexibility index (Phi) is 4.24. The maximum Gasteiger partial charge on any atom is 0.305 e. The van der Waals surface area contributed by atoms with Crippen molar-refractivity contribution in [1.82, 2.24) is 4.90 Å². The molecule has 6 heteroatoms. The average Bonchev–Trinajstić information content (AvgIpc) is 2.84. The molecule has 2 aromatic rings. The van der Waals surface area contributed by atoms with Crippen molar-refractivity contribution in [3.8, 4) is 0 Å². The number of nitro groups is 1. The first kappa shape index (κ1) is 13.6. The molecule has 100 valence electrons. The van der Waals surface area contributed by atoms with Crippen molar-refractivity contribution in [3.63, 3.8) is 0 Å². The Morgan fingerprint density at radius 1 is 1.32 bits per heavy atom. The second-order valence-electron chi connectivity index (χ2n) is 4.26. The van der Waals surface area contributed by atoms with E-state index in [0.717, 1.165) is 0 Å². The van der Waals surface area contributed by atoms with E-state index in [1.165, 1.54) is 17.0 Å². The number of hydrogen-bond donors (Lipinski definition) is 0. The Morgan fingerprint density at radius 3 is 2.74 bits per heavy atom. The van der Waals surface area contributed by atoms with Gasteiger partial charge in [-0.05, 0) is 18.5 Å². The third kappa shape index (κ3) is 3.36. The molecule has 0 saturated heterocycles. The minimum atomic E-state index is -0.745. The summed E-state index contributed by atoms with van der Waals surface area (Å²) in [5.74, 6) is -0.745. The van der Waals surface area contributed by atoms with Gasteiger partial charge in [-0.2, -0.15) is 4.39 Å². The van der Waals surface area contributed by atoms with Gasteiger partial charge in [0.25, 0.3) is 0 Å². The molecule has 0 aliphatic rings. The Hall–Kier alpha value is -1.79. The van der Waals surface area contributed by atoms with Crippen molar-refractivity contribution in [3.05, 3.63) is 62.1 Å². The third-order valence-corrected chi connectivity index (χ3v) is 3.56. The largest absolute Gasteiger partial charge is 0.305 e. The molecule has 0 aliphatic heterocycles. The van der Waals surface area contributed by atoms with Gasteiger partial charge in [-0.1, -0.05) is 18.2 Å². The minimum Gasteiger partial charge on any atom is -0.297 e. The van der Waals surface area contributed by atoms with Gasteiger partial charge in [0, 0.05) is 29.6 Å². The lowest BCUT2D eigenvalue weighted by Gasteiger charge is -2.16. The predicted molar refractivity (Wildman–Crippen MR) is 72.5 cm³/mol. The second-order valence-corrected chi connectivity index (χ2v) is 5.29. The van der Waals surface area contributed by atoms with E-state index in [1.54, 1.807) is 17.4 Å². The molecule has 0 unspecified atom stereocenters. The first-order valence-electron chi connectivity index (χ1n) is 5.70. The molecular weight excluding hydrogens is 267 g/mol. The van der Waals surface area contributed by atoms with Gasteiger partial charge in [-0.15, -0.1) is 11.3 Å². The first-order valence-corrected chi connectivity index (χ1v) is 6.58. The summed E-state index contributed by atoms with van der Waals surface area (Å²) in [6.07, 6.45) is 0. The third-order valence-electron chi connectivity index (χ3n) is 2.70. The van der Waals surface area contributed by atoms with Crippen LogP contribution < -0.4 is 0 Å². The Bertz CT molecular complexity index is 572. The maximum absolute atomic E-state index is 13.9. The molecule has 1 aromatic heterocycles. The highest BCUT2D eigenvalue weighted by molar-refractivity contribution is 7.09. The minimum absolute atomic E-state index is 0.339. The van der Waals surface area contributed by atoms with Gasteiger partial charge < -0.3 is 0 Å². The predicted octanol–water partition coefficient (Wildman–Crippen LogP) is 3.43. The first-order chi connectivity index (χ1) is 9.08. The van der Waals surface area contributed by atoms with Crippen LogP contribution in [0, 0.1) is 15.9 Å². The number of thiophene rings is 1. The molecular formula is C13H13FN2O2S. The van der Waals surface area contributed by atoms with Gasteiger partial charge in [0.15, 0.2) is 0 Å². The number of nitrogens with zero attached hydrogens (tertiary/aromatic N) is 2. The lowest BCUT2D eigenvalue weighted by Crippen LogP contribution is -2.17. The quantitative estimate of drug-likeness (QED) is 0.622. The summed E-state index contributed by atoms with van der Waals surface area (Å²) >= 11 is 1.63. The smallest absolute Gasteiger partial charge is 0.297 e. The standard InChI is InChI=1S/C13H13FN2O2S/c1-15(9-11-5-3-7-19-11)8-10-4-2-6-12(13(10)14)16(17)18/h2-7H,8-9H2,1H3. The van der Waals surface area contributed by atoms with Gasteiger partial charge in [0.1, 0.15) is 0 Å². The number of rotatable bonds is 5. The molecule has 0 fully saturated rings. The number of halogens is 1. The fourth-order valence-corrected chi connectivity index (χ4v) is 2.63. The summed E-state index contributed by atoms with van der Waals surface area (Å²) < 4.78 is 13.9. The molecule has 0 aliphatic carbocycles. The summed E-state index contributed by atoms with van der Waals surface area (Å²) in [6, 6.07) is 8.23. The molecule has 0 bridgehead atoms. The lowest BCUT2D eigenvalue weighted by atomic mass is 10.1. The molecule has 0 saturated carbocycles. The summed E-state index contributed by atoms with van der Waals surface area (Å²) in [5.41, 5.74) is -0.129. The fourth-order valence-electron chi connectivity index (χ4n) is 1.84. The van der Waals surface area contributed by atoms with Crippen LogP contribution >= 0.6 is 11.3 Å². The number of benzene rings is 1. The Labute approximate surface area is 114 Å². The molecule has 0 spiro atoms. The Balaban J connectivity index is 2.10. The summed E-state index contributed by atoms with van der Waals surface area (Å²) in [4.78, 5) is 13.1. The van der Waals surface area contributed by atoms with Gasteiger partial charge in [0.05, 0.1) is 4.92 Å². The van der Waals surface area contributed by atoms with Crippen LogP contribution in [-0.4, -0.2) is 16.9 Å². The van der Waals surface area contributed by atoms with Crippen molar-refractivity contribution in [2.24, 2.45) is 0 Å². The van der Waals surface area contributed by atoms with E-state index in [1.807, 2.05) is 29.5 Å². The fraction of sp³-hybridized carbons (Fsp3) is 0.231. The second kappa shape index (κ2) is 5.90. The number of nitro benzene ring substituents is 1. The van der Waals surface area contributed by atoms with E-state index in [9.17, 15) is 14.5 Å². The van der Waals surface area contributed by atoms with Crippen molar-refractivity contribution in [2.75, 3.05) is 7.05 Å². The maximum atomic E-state index is 13.9. The van der Waals surface area contributed by atoms with Gasteiger partial charge in [0.2, 0.25) is 5.82 Å². The summed E-state index contributed by atoms with van der Waals surface area (Å²) in [5, 5.41) is 12.7. The SMILES string of the molecule is CN(Cc1cccs1)Cc1cccc([N+](=O)[O-])c1F. The van der Waals surface area contributed by atoms with Crippen molar-refractivity contribution >= 4 is 17.0 Å². The molecule has 0 N–H and O–H groups in total. The van der Waals surface area contributed by atoms with Gasteiger partial charge in [-0.3, -0.25) is 15.0 Å². The van der Waals surface area contributed by atoms with Gasteiger partial charge >= 0.3 is 5.69 Å². The zero-order valence-corrected chi connectivity index (χ0v) is 11.2. The molecule has 0 atom stereocenters. The molecule has 1 aromatic carbocycles. The normalized spacial score (nSPS) is 10.9. The van der Waals surface area contributed by atoms with Crippen LogP contribution in [0.1, 0.15) is 10.4 Å². The lowest BCUT2D eigenvalue weighted by molar-refractivity contribution is -0.387. The van der Waals surface area contributed by atoms with Crippen LogP contribution in [0.15, 0.2) is 35.7 Å². The van der Waals surface area contributed by atoms with E-state index in [0.29, 0.717) is 18.7 Å². The van der Waals surface area contributed by atoms with Crippen molar-refractivity contribution in [2.45, 2.75) is 13.1 Å². The highest BCUT2D eigenvalue weighted by Crippen LogP contribution is 2.22. The van der Waals surface area contributed by atoms with Gasteiger partial charge in [-0.25, -0.2) is 0 Å². The average molecular weight is 280 g/mol. The topological polar surface area (TPSA) is 46.4 Å². The molecule has 19 heavy (non-hydrogen) atoms. The highest BCUT2D eigenvalue weighted by Gasteiger charge is 2.17. The number of hydrogen-bond acceptors (Lipinski definition) is 4. The van der Waals surface area contributed by atoms with Crippen LogP contribution in [0.4, 0.5) is 10.1 Å². The van der Waals surface area contributed by atoms with E-state index in [4.69, 9.17) is 0 Å². The van der Waals surface area contributed by atoms with Crippen LogP contribution in [0.2, 0.25) is 0 Å². The monoisotopic (exact) mass is 280 g/mol. The molecule has 0 radical (unpaired) electrons. The molecule has 1 heterocycles. The van der Waals surface area contributed by atoms with Crippen LogP contribution in [0.3, 0.4) is 0 Å². The van der Waals surface area contributed by atoms with Crippen LogP contribution in [-0.2, 0) is 13.1 Å². The van der Waals surface area contributed by atoms with Crippen molar-refractivity contribution in [1.29, 1.82) is 0 Å². The highest BCUT2D eigenvalue weighted by atomic mass is 32.1. The van der Waals surface area contributed by atoms with E-state index < -0.39 is 16.4 Å². The zero-order chi connectivity index (χ0) is 13.8. The van der Waals surface area contributed by atoms with E-state index in [2.05, 4.69) is 0 Å². The summed E-state index contributed by atoms with van der Waals surface area (Å²) in [6.45, 7) is 1.03. The Morgan fingerprint density at radius 2 is 2.11 bits per heavy atom. The zero-order valence-electron chi connectivity index (χ0n) is 10.4.